The van der Waals surface area contributed by atoms with Crippen LogP contribution in [0.5, 0.6) is 0 Å². The second-order valence-corrected chi connectivity index (χ2v) is 5.58. The fourth-order valence-electron chi connectivity index (χ4n) is 2.25. The van der Waals surface area contributed by atoms with Crippen molar-refractivity contribution in [1.82, 2.24) is 10.3 Å². The molecule has 0 saturated heterocycles. The quantitative estimate of drug-likeness (QED) is 0.701. The minimum atomic E-state index is -0.601. The molecule has 1 amide bonds. The van der Waals surface area contributed by atoms with Gasteiger partial charge in [-0.3, -0.25) is 4.79 Å². The number of para-hydroxylation sites is 1. The molecule has 0 aliphatic rings. The van der Waals surface area contributed by atoms with Gasteiger partial charge in [0.15, 0.2) is 0 Å². The summed E-state index contributed by atoms with van der Waals surface area (Å²) in [5.41, 5.74) is 7.81. The lowest BCUT2D eigenvalue weighted by atomic mass is 10.0. The summed E-state index contributed by atoms with van der Waals surface area (Å²) in [6, 6.07) is 6.69. The molecule has 1 aromatic heterocycles. The van der Waals surface area contributed by atoms with Crippen molar-refractivity contribution in [2.75, 3.05) is 0 Å². The molecule has 0 aliphatic carbocycles. The van der Waals surface area contributed by atoms with E-state index >= 15 is 0 Å². The number of hydrogen-bond acceptors (Lipinski definition) is 3. The van der Waals surface area contributed by atoms with Gasteiger partial charge in [0.25, 0.3) is 0 Å². The molecule has 5 nitrogen and oxygen atoms in total. The van der Waals surface area contributed by atoms with E-state index in [0.29, 0.717) is 6.42 Å². The molecule has 2 atom stereocenters. The van der Waals surface area contributed by atoms with Crippen LogP contribution < -0.4 is 11.1 Å². The Morgan fingerprint density at radius 1 is 1.38 bits per heavy atom. The highest BCUT2D eigenvalue weighted by Gasteiger charge is 2.21. The van der Waals surface area contributed by atoms with Gasteiger partial charge >= 0.3 is 0 Å². The lowest BCUT2D eigenvalue weighted by Crippen LogP contribution is -2.49. The molecule has 112 valence electrons. The number of aromatic nitrogens is 1. The highest BCUT2D eigenvalue weighted by atomic mass is 16.2. The normalized spacial score (nSPS) is 14.1. The summed E-state index contributed by atoms with van der Waals surface area (Å²) in [4.78, 5) is 26.3. The molecule has 1 aromatic carbocycles. The van der Waals surface area contributed by atoms with Crippen molar-refractivity contribution in [3.63, 3.8) is 0 Å². The van der Waals surface area contributed by atoms with E-state index < -0.39 is 12.1 Å². The Morgan fingerprint density at radius 2 is 2.10 bits per heavy atom. The van der Waals surface area contributed by atoms with Crippen molar-refractivity contribution >= 4 is 23.1 Å². The van der Waals surface area contributed by atoms with Crippen LogP contribution in [-0.2, 0) is 16.0 Å². The highest BCUT2D eigenvalue weighted by Crippen LogP contribution is 2.18. The van der Waals surface area contributed by atoms with E-state index in [9.17, 15) is 9.59 Å². The lowest BCUT2D eigenvalue weighted by Gasteiger charge is -2.18. The summed E-state index contributed by atoms with van der Waals surface area (Å²) in [6.07, 6.45) is 3.08. The second-order valence-electron chi connectivity index (χ2n) is 5.58. The maximum absolute atomic E-state index is 11.9. The maximum Gasteiger partial charge on any atom is 0.237 e. The Morgan fingerprint density at radius 3 is 2.76 bits per heavy atom. The monoisotopic (exact) mass is 287 g/mol. The first kappa shape index (κ1) is 15.3. The standard InChI is InChI=1S/C16H21N3O2/c1-10(2)15(17)16(21)19-12(9-20)7-11-8-18-14-6-4-3-5-13(11)14/h3-6,8-10,12,15,18H,7,17H2,1-2H3,(H,19,21)/t12-,15-/m0/s1. The number of H-pyrrole nitrogens is 1. The molecule has 1 heterocycles. The van der Waals surface area contributed by atoms with Crippen molar-refractivity contribution < 1.29 is 9.59 Å². The van der Waals surface area contributed by atoms with E-state index in [-0.39, 0.29) is 11.8 Å². The number of carbonyl (C=O) groups excluding carboxylic acids is 2. The molecular formula is C16H21N3O2. The van der Waals surface area contributed by atoms with E-state index in [2.05, 4.69) is 10.3 Å². The first-order chi connectivity index (χ1) is 10.0. The molecule has 2 rings (SSSR count). The van der Waals surface area contributed by atoms with Gasteiger partial charge in [-0.2, -0.15) is 0 Å². The Hall–Kier alpha value is -2.14. The van der Waals surface area contributed by atoms with Crippen LogP contribution in [0.2, 0.25) is 0 Å². The fourth-order valence-corrected chi connectivity index (χ4v) is 2.25. The van der Waals surface area contributed by atoms with Crippen LogP contribution >= 0.6 is 0 Å². The van der Waals surface area contributed by atoms with Gasteiger partial charge in [0.2, 0.25) is 5.91 Å². The number of rotatable bonds is 6. The zero-order chi connectivity index (χ0) is 15.4. The number of hydrogen-bond donors (Lipinski definition) is 3. The van der Waals surface area contributed by atoms with Gasteiger partial charge in [0.1, 0.15) is 6.29 Å². The number of fused-ring (bicyclic) bond motifs is 1. The van der Waals surface area contributed by atoms with Crippen LogP contribution in [0.3, 0.4) is 0 Å². The Labute approximate surface area is 123 Å². The Kier molecular flexibility index (Phi) is 4.75. The molecule has 0 radical (unpaired) electrons. The first-order valence-electron chi connectivity index (χ1n) is 7.09. The first-order valence-corrected chi connectivity index (χ1v) is 7.09. The molecule has 0 unspecified atom stereocenters. The minimum absolute atomic E-state index is 0.0328. The van der Waals surface area contributed by atoms with Crippen molar-refractivity contribution in [2.45, 2.75) is 32.4 Å². The van der Waals surface area contributed by atoms with Gasteiger partial charge in [0.05, 0.1) is 12.1 Å². The van der Waals surface area contributed by atoms with E-state index in [1.165, 1.54) is 0 Å². The Balaban J connectivity index is 2.09. The number of carbonyl (C=O) groups is 2. The van der Waals surface area contributed by atoms with E-state index in [0.717, 1.165) is 22.8 Å². The average molecular weight is 287 g/mol. The summed E-state index contributed by atoms with van der Waals surface area (Å²) in [6.45, 7) is 3.75. The fraction of sp³-hybridized carbons (Fsp3) is 0.375. The van der Waals surface area contributed by atoms with Gasteiger partial charge < -0.3 is 20.8 Å². The van der Waals surface area contributed by atoms with Crippen LogP contribution in [0.25, 0.3) is 10.9 Å². The molecule has 5 heteroatoms. The lowest BCUT2D eigenvalue weighted by molar-refractivity contribution is -0.125. The zero-order valence-corrected chi connectivity index (χ0v) is 12.3. The molecule has 0 spiro atoms. The molecular weight excluding hydrogens is 266 g/mol. The molecule has 0 bridgehead atoms. The van der Waals surface area contributed by atoms with E-state index in [1.807, 2.05) is 44.3 Å². The van der Waals surface area contributed by atoms with Crippen molar-refractivity contribution in [2.24, 2.45) is 11.7 Å². The largest absolute Gasteiger partial charge is 0.361 e. The van der Waals surface area contributed by atoms with Gasteiger partial charge in [-0.05, 0) is 17.5 Å². The number of aldehydes is 1. The van der Waals surface area contributed by atoms with Gasteiger partial charge in [-0.25, -0.2) is 0 Å². The van der Waals surface area contributed by atoms with E-state index in [4.69, 9.17) is 5.73 Å². The molecule has 0 aliphatic heterocycles. The van der Waals surface area contributed by atoms with Crippen LogP contribution in [-0.4, -0.2) is 29.3 Å². The van der Waals surface area contributed by atoms with E-state index in [1.54, 1.807) is 0 Å². The van der Waals surface area contributed by atoms with Crippen molar-refractivity contribution in [3.05, 3.63) is 36.0 Å². The van der Waals surface area contributed by atoms with Gasteiger partial charge in [-0.15, -0.1) is 0 Å². The molecule has 4 N–H and O–H groups in total. The third kappa shape index (κ3) is 3.49. The summed E-state index contributed by atoms with van der Waals surface area (Å²) in [5.74, 6) is -0.257. The minimum Gasteiger partial charge on any atom is -0.361 e. The molecule has 2 aromatic rings. The van der Waals surface area contributed by atoms with Gasteiger partial charge in [0, 0.05) is 23.5 Å². The number of aromatic amines is 1. The average Bonchev–Trinajstić information content (AvgIpc) is 2.88. The molecule has 21 heavy (non-hydrogen) atoms. The third-order valence-electron chi connectivity index (χ3n) is 3.63. The third-order valence-corrected chi connectivity index (χ3v) is 3.63. The number of amides is 1. The topological polar surface area (TPSA) is 88.0 Å². The SMILES string of the molecule is CC(C)[C@H](N)C(=O)N[C@H](C=O)Cc1c[nH]c2ccccc12. The summed E-state index contributed by atoms with van der Waals surface area (Å²) in [5, 5.41) is 3.77. The Bertz CT molecular complexity index is 633. The molecule has 0 fully saturated rings. The number of benzene rings is 1. The second kappa shape index (κ2) is 6.54. The van der Waals surface area contributed by atoms with Crippen molar-refractivity contribution in [1.29, 1.82) is 0 Å². The van der Waals surface area contributed by atoms with Crippen LogP contribution in [0.4, 0.5) is 0 Å². The number of nitrogens with one attached hydrogen (secondary N) is 2. The summed E-state index contributed by atoms with van der Waals surface area (Å²) >= 11 is 0. The molecule has 0 saturated carbocycles. The smallest absolute Gasteiger partial charge is 0.237 e. The predicted molar refractivity (Wildman–Crippen MR) is 82.8 cm³/mol. The summed E-state index contributed by atoms with van der Waals surface area (Å²) in [7, 11) is 0. The zero-order valence-electron chi connectivity index (χ0n) is 12.3. The number of nitrogens with two attached hydrogens (primary N) is 1. The van der Waals surface area contributed by atoms with Crippen molar-refractivity contribution in [3.8, 4) is 0 Å². The van der Waals surface area contributed by atoms with Crippen LogP contribution in [0, 0.1) is 5.92 Å². The summed E-state index contributed by atoms with van der Waals surface area (Å²) < 4.78 is 0. The van der Waals surface area contributed by atoms with Crippen LogP contribution in [0.1, 0.15) is 19.4 Å². The predicted octanol–water partition coefficient (Wildman–Crippen LogP) is 1.38. The van der Waals surface area contributed by atoms with Gasteiger partial charge in [-0.1, -0.05) is 32.0 Å². The maximum atomic E-state index is 11.9. The van der Waals surface area contributed by atoms with Crippen LogP contribution in [0.15, 0.2) is 30.5 Å². The highest BCUT2D eigenvalue weighted by molar-refractivity contribution is 5.86.